The van der Waals surface area contributed by atoms with Crippen molar-refractivity contribution in [3.05, 3.63) is 35.8 Å². The molecule has 1 amide bonds. The minimum absolute atomic E-state index is 0.248. The summed E-state index contributed by atoms with van der Waals surface area (Å²) in [5.41, 5.74) is 5.01. The highest BCUT2D eigenvalue weighted by atomic mass is 19.4. The molecule has 0 aliphatic rings. The number of nitrogens with two attached hydrogens (primary N) is 1. The van der Waals surface area contributed by atoms with Gasteiger partial charge in [0.15, 0.2) is 0 Å². The van der Waals surface area contributed by atoms with Gasteiger partial charge in [0, 0.05) is 5.39 Å². The molecule has 2 N–H and O–H groups in total. The van der Waals surface area contributed by atoms with Crippen molar-refractivity contribution in [1.29, 1.82) is 0 Å². The Hall–Kier alpha value is -2.18. The van der Waals surface area contributed by atoms with Crippen LogP contribution in [0.3, 0.4) is 0 Å². The Morgan fingerprint density at radius 1 is 1.22 bits per heavy atom. The number of amides is 1. The van der Waals surface area contributed by atoms with Crippen molar-refractivity contribution < 1.29 is 18.0 Å². The van der Waals surface area contributed by atoms with Crippen LogP contribution in [0.2, 0.25) is 0 Å². The summed E-state index contributed by atoms with van der Waals surface area (Å²) >= 11 is 0. The lowest BCUT2D eigenvalue weighted by Gasteiger charge is -2.09. The molecule has 7 heteroatoms. The summed E-state index contributed by atoms with van der Waals surface area (Å²) < 4.78 is 37.3. The van der Waals surface area contributed by atoms with Gasteiger partial charge in [0.25, 0.3) is 5.91 Å². The highest BCUT2D eigenvalue weighted by Gasteiger charge is 2.30. The number of hydrogen-bond donors (Lipinski definition) is 1. The van der Waals surface area contributed by atoms with E-state index in [4.69, 9.17) is 5.73 Å². The smallest absolute Gasteiger partial charge is 0.363 e. The van der Waals surface area contributed by atoms with Crippen LogP contribution in [0.1, 0.15) is 16.3 Å². The van der Waals surface area contributed by atoms with Crippen molar-refractivity contribution in [2.75, 3.05) is 0 Å². The minimum Gasteiger partial charge on any atom is -0.363 e. The molecular weight excluding hydrogens is 247 g/mol. The zero-order valence-electron chi connectivity index (χ0n) is 9.03. The first-order valence-corrected chi connectivity index (χ1v) is 4.99. The molecular formula is C11H8F3N3O. The molecule has 0 aliphatic carbocycles. The summed E-state index contributed by atoms with van der Waals surface area (Å²) in [6.45, 7) is 0. The van der Waals surface area contributed by atoms with Crippen LogP contribution in [0.4, 0.5) is 13.2 Å². The van der Waals surface area contributed by atoms with Gasteiger partial charge in [-0.3, -0.25) is 4.79 Å². The number of para-hydroxylation sites is 1. The van der Waals surface area contributed by atoms with E-state index in [9.17, 15) is 18.0 Å². The van der Waals surface area contributed by atoms with E-state index in [0.29, 0.717) is 0 Å². The van der Waals surface area contributed by atoms with Gasteiger partial charge < -0.3 is 5.73 Å². The fourth-order valence-electron chi connectivity index (χ4n) is 1.58. The monoisotopic (exact) mass is 255 g/mol. The van der Waals surface area contributed by atoms with E-state index in [0.717, 1.165) is 0 Å². The number of rotatable bonds is 2. The molecule has 0 saturated heterocycles. The summed E-state index contributed by atoms with van der Waals surface area (Å²) in [6.07, 6.45) is -5.64. The second kappa shape index (κ2) is 4.25. The fraction of sp³-hybridized carbons (Fsp3) is 0.182. The van der Waals surface area contributed by atoms with Crippen molar-refractivity contribution in [3.8, 4) is 0 Å². The van der Waals surface area contributed by atoms with Crippen LogP contribution in [-0.2, 0) is 6.42 Å². The molecule has 1 aromatic heterocycles. The van der Waals surface area contributed by atoms with E-state index in [2.05, 4.69) is 9.97 Å². The summed E-state index contributed by atoms with van der Waals surface area (Å²) in [7, 11) is 0. The second-order valence-corrected chi connectivity index (χ2v) is 3.67. The summed E-state index contributed by atoms with van der Waals surface area (Å²) in [5.74, 6) is -1.36. The maximum atomic E-state index is 12.4. The van der Waals surface area contributed by atoms with E-state index in [-0.39, 0.29) is 16.6 Å². The van der Waals surface area contributed by atoms with Crippen molar-refractivity contribution >= 4 is 16.8 Å². The van der Waals surface area contributed by atoms with E-state index in [1.165, 1.54) is 12.1 Å². The van der Waals surface area contributed by atoms with Gasteiger partial charge in [-0.2, -0.15) is 13.2 Å². The highest BCUT2D eigenvalue weighted by molar-refractivity contribution is 5.92. The van der Waals surface area contributed by atoms with Gasteiger partial charge in [0.05, 0.1) is 17.6 Å². The maximum Gasteiger partial charge on any atom is 0.394 e. The Balaban J connectivity index is 2.64. The number of aromatic nitrogens is 2. The van der Waals surface area contributed by atoms with Crippen LogP contribution in [0.15, 0.2) is 24.3 Å². The van der Waals surface area contributed by atoms with Crippen LogP contribution in [0.25, 0.3) is 10.9 Å². The number of carbonyl (C=O) groups is 1. The Morgan fingerprint density at radius 3 is 2.50 bits per heavy atom. The summed E-state index contributed by atoms with van der Waals surface area (Å²) in [4.78, 5) is 18.4. The van der Waals surface area contributed by atoms with Crippen LogP contribution < -0.4 is 5.73 Å². The predicted molar refractivity (Wildman–Crippen MR) is 57.8 cm³/mol. The summed E-state index contributed by atoms with van der Waals surface area (Å²) in [6, 6.07) is 6.16. The third kappa shape index (κ3) is 2.55. The first kappa shape index (κ1) is 12.3. The third-order valence-corrected chi connectivity index (χ3v) is 2.27. The molecule has 0 saturated carbocycles. The molecule has 2 rings (SSSR count). The molecule has 0 bridgehead atoms. The first-order valence-electron chi connectivity index (χ1n) is 4.99. The molecule has 18 heavy (non-hydrogen) atoms. The van der Waals surface area contributed by atoms with Crippen LogP contribution in [0.5, 0.6) is 0 Å². The number of fused-ring (bicyclic) bond motifs is 1. The van der Waals surface area contributed by atoms with Crippen LogP contribution >= 0.6 is 0 Å². The third-order valence-electron chi connectivity index (χ3n) is 2.27. The van der Waals surface area contributed by atoms with Gasteiger partial charge in [0.2, 0.25) is 5.82 Å². The Bertz CT molecular complexity index is 610. The number of benzene rings is 1. The number of nitrogens with zero attached hydrogens (tertiary/aromatic N) is 2. The standard InChI is InChI=1S/C11H8F3N3O/c12-11(13,14)5-8-6-3-1-2-4-7(6)16-10(17-8)9(15)18/h1-4H,5H2,(H2,15,18). The summed E-state index contributed by atoms with van der Waals surface area (Å²) in [5, 5.41) is 0.264. The van der Waals surface area contributed by atoms with E-state index in [1.54, 1.807) is 12.1 Å². The lowest BCUT2D eigenvalue weighted by atomic mass is 10.1. The van der Waals surface area contributed by atoms with Crippen LogP contribution in [-0.4, -0.2) is 22.1 Å². The molecule has 0 radical (unpaired) electrons. The zero-order valence-corrected chi connectivity index (χ0v) is 9.03. The average molecular weight is 255 g/mol. The first-order chi connectivity index (χ1) is 8.37. The molecule has 0 aliphatic heterocycles. The minimum atomic E-state index is -4.41. The Morgan fingerprint density at radius 2 is 1.89 bits per heavy atom. The highest BCUT2D eigenvalue weighted by Crippen LogP contribution is 2.24. The molecule has 0 atom stereocenters. The van der Waals surface area contributed by atoms with Crippen molar-refractivity contribution in [3.63, 3.8) is 0 Å². The average Bonchev–Trinajstić information content (AvgIpc) is 2.26. The van der Waals surface area contributed by atoms with E-state index in [1.807, 2.05) is 0 Å². The Kier molecular flexibility index (Phi) is 2.90. The molecule has 0 spiro atoms. The van der Waals surface area contributed by atoms with Crippen molar-refractivity contribution in [2.45, 2.75) is 12.6 Å². The van der Waals surface area contributed by atoms with Gasteiger partial charge in [0.1, 0.15) is 0 Å². The molecule has 4 nitrogen and oxygen atoms in total. The van der Waals surface area contributed by atoms with E-state index < -0.39 is 24.3 Å². The number of alkyl halides is 3. The number of hydrogen-bond acceptors (Lipinski definition) is 3. The van der Waals surface area contributed by atoms with Gasteiger partial charge in [-0.25, -0.2) is 9.97 Å². The molecule has 1 aromatic carbocycles. The van der Waals surface area contributed by atoms with E-state index >= 15 is 0 Å². The molecule has 0 fully saturated rings. The van der Waals surface area contributed by atoms with Gasteiger partial charge in [-0.15, -0.1) is 0 Å². The fourth-order valence-corrected chi connectivity index (χ4v) is 1.58. The predicted octanol–water partition coefficient (Wildman–Crippen LogP) is 1.83. The topological polar surface area (TPSA) is 68.9 Å². The largest absolute Gasteiger partial charge is 0.394 e. The van der Waals surface area contributed by atoms with Crippen molar-refractivity contribution in [2.24, 2.45) is 5.73 Å². The second-order valence-electron chi connectivity index (χ2n) is 3.67. The SMILES string of the molecule is NC(=O)c1nc(CC(F)(F)F)c2ccccc2n1. The normalized spacial score (nSPS) is 11.7. The quantitative estimate of drug-likeness (QED) is 0.890. The maximum absolute atomic E-state index is 12.4. The number of halogens is 3. The molecule has 94 valence electrons. The van der Waals surface area contributed by atoms with Gasteiger partial charge >= 0.3 is 6.18 Å². The van der Waals surface area contributed by atoms with Gasteiger partial charge in [-0.1, -0.05) is 18.2 Å². The number of primary amides is 1. The Labute approximate surface area is 99.6 Å². The lowest BCUT2D eigenvalue weighted by Crippen LogP contribution is -2.19. The molecule has 1 heterocycles. The number of carbonyl (C=O) groups excluding carboxylic acids is 1. The molecule has 2 aromatic rings. The molecule has 0 unspecified atom stereocenters. The van der Waals surface area contributed by atoms with Crippen LogP contribution in [0, 0.1) is 0 Å². The van der Waals surface area contributed by atoms with Crippen molar-refractivity contribution in [1.82, 2.24) is 9.97 Å². The van der Waals surface area contributed by atoms with Gasteiger partial charge in [-0.05, 0) is 6.07 Å². The lowest BCUT2D eigenvalue weighted by molar-refractivity contribution is -0.127. The zero-order chi connectivity index (χ0) is 13.3.